The van der Waals surface area contributed by atoms with Crippen LogP contribution in [-0.4, -0.2) is 11.6 Å². The van der Waals surface area contributed by atoms with Gasteiger partial charge in [0.2, 0.25) is 0 Å². The first kappa shape index (κ1) is 20.0. The van der Waals surface area contributed by atoms with E-state index in [9.17, 15) is 4.79 Å². The Morgan fingerprint density at radius 1 is 1.30 bits per heavy atom. The lowest BCUT2D eigenvalue weighted by molar-refractivity contribution is -0.143. The third kappa shape index (κ3) is 3.93. The smallest absolute Gasteiger partial charge is 0.316 e. The number of allylic oxidation sites excluding steroid dienone is 2. The molecule has 1 aromatic rings. The molecule has 0 bridgehead atoms. The second kappa shape index (κ2) is 7.00. The maximum Gasteiger partial charge on any atom is 0.316 e. The van der Waals surface area contributed by atoms with Crippen molar-refractivity contribution in [2.45, 2.75) is 85.7 Å². The Kier molecular flexibility index (Phi) is 5.18. The van der Waals surface area contributed by atoms with Gasteiger partial charge in [0, 0.05) is 17.4 Å². The van der Waals surface area contributed by atoms with E-state index in [0.29, 0.717) is 11.7 Å². The lowest BCUT2D eigenvalue weighted by atomic mass is 9.68. The molecule has 3 rings (SSSR count). The normalized spacial score (nSPS) is 23.6. The predicted octanol–water partition coefficient (Wildman–Crippen LogP) is 6.20. The molecule has 0 aromatic heterocycles. The molecule has 0 N–H and O–H groups in total. The molecule has 148 valence electrons. The summed E-state index contributed by atoms with van der Waals surface area (Å²) in [5.41, 5.74) is 2.85. The molecular formula is C24H34O3. The van der Waals surface area contributed by atoms with Crippen molar-refractivity contribution in [3.05, 3.63) is 34.9 Å². The Morgan fingerprint density at radius 2 is 2.00 bits per heavy atom. The molecule has 0 spiro atoms. The summed E-state index contributed by atoms with van der Waals surface area (Å²) in [6, 6.07) is 4.21. The summed E-state index contributed by atoms with van der Waals surface area (Å²) in [6.45, 7) is 14.4. The van der Waals surface area contributed by atoms with E-state index < -0.39 is 5.41 Å². The minimum atomic E-state index is -0.542. The summed E-state index contributed by atoms with van der Waals surface area (Å²) in [7, 11) is 0. The van der Waals surface area contributed by atoms with Crippen molar-refractivity contribution in [2.75, 3.05) is 0 Å². The van der Waals surface area contributed by atoms with Crippen molar-refractivity contribution in [1.82, 2.24) is 0 Å². The van der Waals surface area contributed by atoms with E-state index in [0.717, 1.165) is 37.0 Å². The molecule has 1 aromatic carbocycles. The number of aryl methyl sites for hydroxylation is 1. The SMILES string of the molecule is CCCc1cc(OC(=O)C(C)(C)C)c2c(c1)OC(C)(C)C1CCC(C)=CC21. The molecule has 0 saturated carbocycles. The van der Waals surface area contributed by atoms with Gasteiger partial charge in [-0.3, -0.25) is 4.79 Å². The number of hydrogen-bond acceptors (Lipinski definition) is 3. The zero-order chi connectivity index (χ0) is 20.0. The summed E-state index contributed by atoms with van der Waals surface area (Å²) in [5.74, 6) is 1.99. The third-order valence-electron chi connectivity index (χ3n) is 5.86. The van der Waals surface area contributed by atoms with E-state index in [1.54, 1.807) is 0 Å². The van der Waals surface area contributed by atoms with E-state index in [-0.39, 0.29) is 17.5 Å². The number of carbonyl (C=O) groups is 1. The van der Waals surface area contributed by atoms with Gasteiger partial charge in [-0.05, 0) is 78.5 Å². The van der Waals surface area contributed by atoms with Crippen LogP contribution in [0.4, 0.5) is 0 Å². The topological polar surface area (TPSA) is 35.5 Å². The van der Waals surface area contributed by atoms with Gasteiger partial charge >= 0.3 is 5.97 Å². The van der Waals surface area contributed by atoms with Crippen LogP contribution in [0.5, 0.6) is 11.5 Å². The van der Waals surface area contributed by atoms with Gasteiger partial charge in [0.05, 0.1) is 5.41 Å². The molecule has 0 saturated heterocycles. The lowest BCUT2D eigenvalue weighted by Crippen LogP contribution is -2.45. The number of ether oxygens (including phenoxy) is 2. The van der Waals surface area contributed by atoms with Crippen LogP contribution in [0.25, 0.3) is 0 Å². The molecule has 3 heteroatoms. The van der Waals surface area contributed by atoms with Crippen LogP contribution in [0.2, 0.25) is 0 Å². The summed E-state index contributed by atoms with van der Waals surface area (Å²) in [5, 5.41) is 0. The number of benzene rings is 1. The predicted molar refractivity (Wildman–Crippen MR) is 109 cm³/mol. The van der Waals surface area contributed by atoms with Crippen molar-refractivity contribution in [3.63, 3.8) is 0 Å². The highest BCUT2D eigenvalue weighted by Gasteiger charge is 2.45. The van der Waals surface area contributed by atoms with Gasteiger partial charge in [0.25, 0.3) is 0 Å². The average molecular weight is 371 g/mol. The minimum Gasteiger partial charge on any atom is -0.487 e. The van der Waals surface area contributed by atoms with Crippen LogP contribution >= 0.6 is 0 Å². The standard InChI is InChI=1S/C24H34O3/c1-8-9-16-13-19(26-22(25)23(3,4)5)21-17-12-15(2)10-11-18(17)24(6,7)27-20(21)14-16/h12-14,17-18H,8-11H2,1-7H3. The molecule has 2 atom stereocenters. The van der Waals surface area contributed by atoms with Gasteiger partial charge < -0.3 is 9.47 Å². The van der Waals surface area contributed by atoms with Crippen molar-refractivity contribution < 1.29 is 14.3 Å². The average Bonchev–Trinajstić information content (AvgIpc) is 2.52. The molecule has 27 heavy (non-hydrogen) atoms. The molecule has 0 fully saturated rings. The van der Waals surface area contributed by atoms with Gasteiger partial charge in [0.15, 0.2) is 0 Å². The maximum atomic E-state index is 12.7. The van der Waals surface area contributed by atoms with Crippen LogP contribution in [0, 0.1) is 11.3 Å². The Balaban J connectivity index is 2.15. The van der Waals surface area contributed by atoms with Gasteiger partial charge in [-0.1, -0.05) is 25.0 Å². The van der Waals surface area contributed by atoms with Crippen LogP contribution in [0.3, 0.4) is 0 Å². The number of carbonyl (C=O) groups excluding carboxylic acids is 1. The van der Waals surface area contributed by atoms with Crippen molar-refractivity contribution in [2.24, 2.45) is 11.3 Å². The second-order valence-corrected chi connectivity index (χ2v) is 9.78. The molecule has 0 radical (unpaired) electrons. The monoisotopic (exact) mass is 370 g/mol. The second-order valence-electron chi connectivity index (χ2n) is 9.78. The summed E-state index contributed by atoms with van der Waals surface area (Å²) >= 11 is 0. The van der Waals surface area contributed by atoms with Crippen LogP contribution in [0.15, 0.2) is 23.8 Å². The van der Waals surface area contributed by atoms with Crippen molar-refractivity contribution >= 4 is 5.97 Å². The van der Waals surface area contributed by atoms with Crippen LogP contribution in [0.1, 0.15) is 84.8 Å². The third-order valence-corrected chi connectivity index (χ3v) is 5.86. The molecule has 1 heterocycles. The van der Waals surface area contributed by atoms with E-state index in [1.807, 2.05) is 20.8 Å². The van der Waals surface area contributed by atoms with Gasteiger partial charge in [-0.15, -0.1) is 0 Å². The summed E-state index contributed by atoms with van der Waals surface area (Å²) < 4.78 is 12.5. The first-order valence-electron chi connectivity index (χ1n) is 10.3. The fraction of sp³-hybridized carbons (Fsp3) is 0.625. The first-order valence-corrected chi connectivity index (χ1v) is 10.3. The summed E-state index contributed by atoms with van der Waals surface area (Å²) in [6.07, 6.45) is 6.56. The number of hydrogen-bond donors (Lipinski definition) is 0. The number of fused-ring (bicyclic) bond motifs is 3. The Bertz CT molecular complexity index is 765. The first-order chi connectivity index (χ1) is 12.5. The van der Waals surface area contributed by atoms with Crippen molar-refractivity contribution in [1.29, 1.82) is 0 Å². The fourth-order valence-corrected chi connectivity index (χ4v) is 4.33. The van der Waals surface area contributed by atoms with E-state index in [1.165, 1.54) is 11.1 Å². The lowest BCUT2D eigenvalue weighted by Gasteiger charge is -2.46. The minimum absolute atomic E-state index is 0.198. The van der Waals surface area contributed by atoms with Gasteiger partial charge in [0.1, 0.15) is 17.1 Å². The zero-order valence-corrected chi connectivity index (χ0v) is 17.9. The Morgan fingerprint density at radius 3 is 2.63 bits per heavy atom. The highest BCUT2D eigenvalue weighted by molar-refractivity contribution is 5.78. The van der Waals surface area contributed by atoms with Crippen molar-refractivity contribution in [3.8, 4) is 11.5 Å². The Labute approximate surface area is 164 Å². The van der Waals surface area contributed by atoms with E-state index in [4.69, 9.17) is 9.47 Å². The number of esters is 1. The fourth-order valence-electron chi connectivity index (χ4n) is 4.33. The summed E-state index contributed by atoms with van der Waals surface area (Å²) in [4.78, 5) is 12.7. The molecule has 1 aliphatic carbocycles. The molecule has 1 aliphatic heterocycles. The van der Waals surface area contributed by atoms with E-state index in [2.05, 4.69) is 45.9 Å². The Hall–Kier alpha value is -1.77. The van der Waals surface area contributed by atoms with E-state index >= 15 is 0 Å². The maximum absolute atomic E-state index is 12.7. The largest absolute Gasteiger partial charge is 0.487 e. The molecule has 2 aliphatic rings. The molecule has 2 unspecified atom stereocenters. The van der Waals surface area contributed by atoms with Gasteiger partial charge in [-0.25, -0.2) is 0 Å². The molecule has 0 amide bonds. The van der Waals surface area contributed by atoms with Crippen LogP contribution < -0.4 is 9.47 Å². The van der Waals surface area contributed by atoms with Crippen LogP contribution in [-0.2, 0) is 11.2 Å². The van der Waals surface area contributed by atoms with Gasteiger partial charge in [-0.2, -0.15) is 0 Å². The number of rotatable bonds is 3. The quantitative estimate of drug-likeness (QED) is 0.361. The highest BCUT2D eigenvalue weighted by atomic mass is 16.5. The zero-order valence-electron chi connectivity index (χ0n) is 17.9. The highest BCUT2D eigenvalue weighted by Crippen LogP contribution is 2.53. The molecular weight excluding hydrogens is 336 g/mol. The molecule has 3 nitrogen and oxygen atoms in total.